The number of hydrogen-bond acceptors (Lipinski definition) is 3. The van der Waals surface area contributed by atoms with Crippen LogP contribution in [0.5, 0.6) is 0 Å². The van der Waals surface area contributed by atoms with Crippen LogP contribution in [-0.2, 0) is 4.79 Å². The molecule has 0 aromatic carbocycles. The molecule has 0 saturated carbocycles. The summed E-state index contributed by atoms with van der Waals surface area (Å²) in [6.07, 6.45) is 4.52. The van der Waals surface area contributed by atoms with Gasteiger partial charge in [0.05, 0.1) is 5.92 Å². The number of carboxylic acid groups (broad SMARTS) is 1. The van der Waals surface area contributed by atoms with Crippen molar-refractivity contribution < 1.29 is 14.7 Å². The molecule has 0 spiro atoms. The van der Waals surface area contributed by atoms with Gasteiger partial charge in [-0.3, -0.25) is 4.79 Å². The predicted octanol–water partition coefficient (Wildman–Crippen LogP) is 1.37. The molecular weight excluding hydrogens is 270 g/mol. The summed E-state index contributed by atoms with van der Waals surface area (Å²) in [7, 11) is 0. The van der Waals surface area contributed by atoms with E-state index in [2.05, 4.69) is 10.2 Å². The van der Waals surface area contributed by atoms with Crippen LogP contribution in [0, 0.1) is 5.92 Å². The Hall–Kier alpha value is -1.30. The summed E-state index contributed by atoms with van der Waals surface area (Å²) in [6.45, 7) is 6.57. The summed E-state index contributed by atoms with van der Waals surface area (Å²) in [4.78, 5) is 27.3. The number of amides is 2. The Morgan fingerprint density at radius 2 is 2.14 bits per heavy atom. The zero-order chi connectivity index (χ0) is 15.4. The summed E-state index contributed by atoms with van der Waals surface area (Å²) in [5, 5.41) is 12.1. The van der Waals surface area contributed by atoms with Gasteiger partial charge >= 0.3 is 12.0 Å². The number of carbonyl (C=O) groups excluding carboxylic acids is 1. The number of fused-ring (bicyclic) bond motifs is 1. The highest BCUT2D eigenvalue weighted by molar-refractivity contribution is 5.76. The lowest BCUT2D eigenvalue weighted by atomic mass is 9.98. The Morgan fingerprint density at radius 1 is 1.38 bits per heavy atom. The monoisotopic (exact) mass is 297 g/mol. The Balaban J connectivity index is 1.83. The molecule has 2 saturated heterocycles. The molecule has 2 fully saturated rings. The van der Waals surface area contributed by atoms with Crippen LogP contribution in [0.2, 0.25) is 0 Å². The summed E-state index contributed by atoms with van der Waals surface area (Å²) in [5.74, 6) is -1.40. The van der Waals surface area contributed by atoms with Crippen molar-refractivity contribution >= 4 is 12.0 Å². The van der Waals surface area contributed by atoms with E-state index in [0.29, 0.717) is 12.6 Å². The van der Waals surface area contributed by atoms with E-state index in [4.69, 9.17) is 5.11 Å². The SMILES string of the molecule is CCN(CC(C)C(=O)O)C(=O)NC1CCN2CCCC2C1. The van der Waals surface area contributed by atoms with E-state index in [0.717, 1.165) is 19.4 Å². The predicted molar refractivity (Wildman–Crippen MR) is 80.2 cm³/mol. The normalized spacial score (nSPS) is 27.0. The summed E-state index contributed by atoms with van der Waals surface area (Å²) in [5.41, 5.74) is 0. The minimum Gasteiger partial charge on any atom is -0.481 e. The van der Waals surface area contributed by atoms with E-state index in [-0.39, 0.29) is 18.6 Å². The lowest BCUT2D eigenvalue weighted by molar-refractivity contribution is -0.141. The van der Waals surface area contributed by atoms with Crippen LogP contribution >= 0.6 is 0 Å². The first-order valence-electron chi connectivity index (χ1n) is 8.03. The molecule has 2 N–H and O–H groups in total. The lowest BCUT2D eigenvalue weighted by Crippen LogP contribution is -2.51. The molecule has 0 radical (unpaired) electrons. The minimum atomic E-state index is -0.861. The standard InChI is InChI=1S/C15H27N3O3/c1-3-17(10-11(2)14(19)20)15(21)16-12-6-8-18-7-4-5-13(18)9-12/h11-13H,3-10H2,1-2H3,(H,16,21)(H,19,20). The fourth-order valence-electron chi connectivity index (χ4n) is 3.39. The van der Waals surface area contributed by atoms with Crippen molar-refractivity contribution in [3.05, 3.63) is 0 Å². The number of nitrogens with zero attached hydrogens (tertiary/aromatic N) is 2. The maximum absolute atomic E-state index is 12.3. The molecule has 0 aliphatic carbocycles. The summed E-state index contributed by atoms with van der Waals surface area (Å²) < 4.78 is 0. The first-order valence-corrected chi connectivity index (χ1v) is 8.03. The maximum atomic E-state index is 12.3. The van der Waals surface area contributed by atoms with E-state index in [1.54, 1.807) is 11.8 Å². The van der Waals surface area contributed by atoms with Crippen molar-refractivity contribution in [2.45, 2.75) is 51.6 Å². The van der Waals surface area contributed by atoms with Gasteiger partial charge in [-0.25, -0.2) is 4.79 Å². The van der Waals surface area contributed by atoms with E-state index >= 15 is 0 Å². The van der Waals surface area contributed by atoms with Gasteiger partial charge in [0.15, 0.2) is 0 Å². The number of urea groups is 1. The molecule has 2 amide bonds. The second kappa shape index (κ2) is 7.11. The maximum Gasteiger partial charge on any atom is 0.317 e. The van der Waals surface area contributed by atoms with Crippen LogP contribution in [0.25, 0.3) is 0 Å². The zero-order valence-electron chi connectivity index (χ0n) is 13.0. The number of rotatable bonds is 5. The number of piperidine rings is 1. The van der Waals surface area contributed by atoms with Crippen LogP contribution in [0.3, 0.4) is 0 Å². The Morgan fingerprint density at radius 3 is 2.81 bits per heavy atom. The van der Waals surface area contributed by atoms with Gasteiger partial charge in [-0.1, -0.05) is 6.92 Å². The third-order valence-electron chi connectivity index (χ3n) is 4.73. The molecule has 3 unspecified atom stereocenters. The number of nitrogens with one attached hydrogen (secondary N) is 1. The molecule has 2 aliphatic rings. The van der Waals surface area contributed by atoms with Crippen molar-refractivity contribution in [3.63, 3.8) is 0 Å². The highest BCUT2D eigenvalue weighted by atomic mass is 16.4. The molecule has 6 nitrogen and oxygen atoms in total. The van der Waals surface area contributed by atoms with Gasteiger partial charge in [-0.05, 0) is 39.2 Å². The van der Waals surface area contributed by atoms with Crippen molar-refractivity contribution in [1.82, 2.24) is 15.1 Å². The number of carboxylic acids is 1. The average molecular weight is 297 g/mol. The van der Waals surface area contributed by atoms with Gasteiger partial charge in [-0.2, -0.15) is 0 Å². The second-order valence-corrected chi connectivity index (χ2v) is 6.28. The van der Waals surface area contributed by atoms with E-state index in [1.165, 1.54) is 19.4 Å². The van der Waals surface area contributed by atoms with E-state index in [1.807, 2.05) is 6.92 Å². The van der Waals surface area contributed by atoms with E-state index in [9.17, 15) is 9.59 Å². The van der Waals surface area contributed by atoms with Crippen LogP contribution in [0.4, 0.5) is 4.79 Å². The van der Waals surface area contributed by atoms with Gasteiger partial charge < -0.3 is 20.2 Å². The molecule has 120 valence electrons. The summed E-state index contributed by atoms with van der Waals surface area (Å²) in [6, 6.07) is 0.727. The van der Waals surface area contributed by atoms with Gasteiger partial charge in [0, 0.05) is 31.7 Å². The fraction of sp³-hybridized carbons (Fsp3) is 0.867. The second-order valence-electron chi connectivity index (χ2n) is 6.28. The van der Waals surface area contributed by atoms with Gasteiger partial charge in [-0.15, -0.1) is 0 Å². The van der Waals surface area contributed by atoms with Gasteiger partial charge in [0.2, 0.25) is 0 Å². The quantitative estimate of drug-likeness (QED) is 0.804. The van der Waals surface area contributed by atoms with Crippen molar-refractivity contribution in [3.8, 4) is 0 Å². The first-order chi connectivity index (χ1) is 10.0. The molecule has 2 rings (SSSR count). The molecule has 0 bridgehead atoms. The molecule has 21 heavy (non-hydrogen) atoms. The number of aliphatic carboxylic acids is 1. The Bertz CT molecular complexity index is 388. The summed E-state index contributed by atoms with van der Waals surface area (Å²) >= 11 is 0. The molecule has 0 aromatic rings. The smallest absolute Gasteiger partial charge is 0.317 e. The van der Waals surface area contributed by atoms with Gasteiger partial charge in [0.25, 0.3) is 0 Å². The van der Waals surface area contributed by atoms with Crippen molar-refractivity contribution in [1.29, 1.82) is 0 Å². The fourth-order valence-corrected chi connectivity index (χ4v) is 3.39. The minimum absolute atomic E-state index is 0.123. The average Bonchev–Trinajstić information content (AvgIpc) is 2.91. The molecule has 0 aromatic heterocycles. The Kier molecular flexibility index (Phi) is 5.45. The number of carbonyl (C=O) groups is 2. The molecule has 6 heteroatoms. The molecular formula is C15H27N3O3. The van der Waals surface area contributed by atoms with Crippen molar-refractivity contribution in [2.24, 2.45) is 5.92 Å². The van der Waals surface area contributed by atoms with Crippen LogP contribution < -0.4 is 5.32 Å². The third kappa shape index (κ3) is 4.09. The number of hydrogen-bond donors (Lipinski definition) is 2. The molecule has 3 atom stereocenters. The van der Waals surface area contributed by atoms with Crippen LogP contribution in [0.15, 0.2) is 0 Å². The molecule has 2 aliphatic heterocycles. The highest BCUT2D eigenvalue weighted by Crippen LogP contribution is 2.26. The van der Waals surface area contributed by atoms with Crippen molar-refractivity contribution in [2.75, 3.05) is 26.2 Å². The van der Waals surface area contributed by atoms with Crippen LogP contribution in [-0.4, -0.2) is 65.2 Å². The third-order valence-corrected chi connectivity index (χ3v) is 4.73. The lowest BCUT2D eigenvalue weighted by Gasteiger charge is -2.36. The Labute approximate surface area is 126 Å². The van der Waals surface area contributed by atoms with Gasteiger partial charge in [0.1, 0.15) is 0 Å². The molecule has 2 heterocycles. The largest absolute Gasteiger partial charge is 0.481 e. The zero-order valence-corrected chi connectivity index (χ0v) is 13.0. The van der Waals surface area contributed by atoms with E-state index < -0.39 is 11.9 Å². The van der Waals surface area contributed by atoms with Crippen LogP contribution in [0.1, 0.15) is 39.5 Å². The highest BCUT2D eigenvalue weighted by Gasteiger charge is 2.32. The first kappa shape index (κ1) is 16.1. The topological polar surface area (TPSA) is 72.9 Å².